The monoisotopic (exact) mass is 382 g/mol. The van der Waals surface area contributed by atoms with Crippen LogP contribution in [0.1, 0.15) is 122 Å². The van der Waals surface area contributed by atoms with E-state index in [1.165, 1.54) is 38.5 Å². The average Bonchev–Trinajstić information content (AvgIpc) is 2.63. The molecule has 4 heteroatoms. The maximum absolute atomic E-state index is 11.3. The molecule has 0 rings (SSSR count). The van der Waals surface area contributed by atoms with E-state index in [2.05, 4.69) is 6.92 Å². The van der Waals surface area contributed by atoms with Gasteiger partial charge in [0.1, 0.15) is 0 Å². The Kier molecular flexibility index (Phi) is 18.5. The van der Waals surface area contributed by atoms with Gasteiger partial charge in [-0.25, -0.2) is 4.79 Å². The summed E-state index contributed by atoms with van der Waals surface area (Å²) in [6, 6.07) is 0. The van der Waals surface area contributed by atoms with Crippen molar-refractivity contribution in [3.05, 3.63) is 11.6 Å². The fraction of sp³-hybridized carbons (Fsp3) is 0.826. The first-order chi connectivity index (χ1) is 13.1. The molecule has 0 amide bonds. The van der Waals surface area contributed by atoms with E-state index in [0.29, 0.717) is 12.0 Å². The first kappa shape index (κ1) is 25.7. The van der Waals surface area contributed by atoms with Crippen LogP contribution >= 0.6 is 0 Å². The average molecular weight is 383 g/mol. The number of carbonyl (C=O) groups is 2. The second-order valence-electron chi connectivity index (χ2n) is 7.67. The lowest BCUT2D eigenvalue weighted by Crippen LogP contribution is -2.00. The fourth-order valence-electron chi connectivity index (χ4n) is 3.33. The number of hydrogen-bond donors (Lipinski definition) is 2. The minimum absolute atomic E-state index is 0.281. The van der Waals surface area contributed by atoms with Gasteiger partial charge >= 0.3 is 11.9 Å². The van der Waals surface area contributed by atoms with Crippen LogP contribution in [0.25, 0.3) is 0 Å². The molecule has 0 aliphatic heterocycles. The molecular formula is C23H42O4. The van der Waals surface area contributed by atoms with Crippen molar-refractivity contribution < 1.29 is 19.8 Å². The Bertz CT molecular complexity index is 401. The highest BCUT2D eigenvalue weighted by Crippen LogP contribution is 2.15. The van der Waals surface area contributed by atoms with Gasteiger partial charge in [-0.3, -0.25) is 4.79 Å². The van der Waals surface area contributed by atoms with Crippen LogP contribution in [0, 0.1) is 0 Å². The van der Waals surface area contributed by atoms with Crippen molar-refractivity contribution in [1.82, 2.24) is 0 Å². The summed E-state index contributed by atoms with van der Waals surface area (Å²) in [6.07, 6.45) is 21.0. The van der Waals surface area contributed by atoms with Gasteiger partial charge in [-0.1, -0.05) is 90.0 Å². The molecule has 0 aromatic rings. The smallest absolute Gasteiger partial charge is 0.331 e. The van der Waals surface area contributed by atoms with E-state index >= 15 is 0 Å². The van der Waals surface area contributed by atoms with Gasteiger partial charge in [-0.15, -0.1) is 0 Å². The number of aliphatic carboxylic acids is 2. The van der Waals surface area contributed by atoms with E-state index in [0.717, 1.165) is 64.2 Å². The summed E-state index contributed by atoms with van der Waals surface area (Å²) in [5.41, 5.74) is 0.592. The Morgan fingerprint density at radius 1 is 0.630 bits per heavy atom. The van der Waals surface area contributed by atoms with Crippen LogP contribution in [0.3, 0.4) is 0 Å². The van der Waals surface area contributed by atoms with E-state index in [1.54, 1.807) is 0 Å². The number of rotatable bonds is 20. The Labute approximate surface area is 166 Å². The molecule has 0 fully saturated rings. The molecule has 0 saturated carbocycles. The Balaban J connectivity index is 3.60. The number of allylic oxidation sites excluding steroid dienone is 1. The SMILES string of the molecule is CCCCCCCCCC=C(CCCCCCCCCCC(=O)O)C(=O)O. The minimum Gasteiger partial charge on any atom is -0.481 e. The maximum Gasteiger partial charge on any atom is 0.331 e. The van der Waals surface area contributed by atoms with E-state index in [-0.39, 0.29) is 6.42 Å². The second-order valence-corrected chi connectivity index (χ2v) is 7.67. The molecule has 0 unspecified atom stereocenters. The van der Waals surface area contributed by atoms with E-state index < -0.39 is 11.9 Å². The predicted molar refractivity (Wildman–Crippen MR) is 112 cm³/mol. The zero-order valence-electron chi connectivity index (χ0n) is 17.5. The van der Waals surface area contributed by atoms with Crippen LogP contribution in [0.4, 0.5) is 0 Å². The molecule has 0 aromatic carbocycles. The van der Waals surface area contributed by atoms with Crippen molar-refractivity contribution in [1.29, 1.82) is 0 Å². The standard InChI is InChI=1S/C23H42O4/c1-2-3-4-5-6-9-12-15-18-21(23(26)27)19-16-13-10-7-8-11-14-17-20-22(24)25/h18H,2-17,19-20H2,1H3,(H,24,25)(H,26,27). The van der Waals surface area contributed by atoms with Crippen molar-refractivity contribution in [3.8, 4) is 0 Å². The summed E-state index contributed by atoms with van der Waals surface area (Å²) in [5, 5.41) is 17.9. The first-order valence-electron chi connectivity index (χ1n) is 11.2. The quantitative estimate of drug-likeness (QED) is 0.173. The van der Waals surface area contributed by atoms with Crippen molar-refractivity contribution >= 4 is 11.9 Å². The summed E-state index contributed by atoms with van der Waals surface area (Å²) in [6.45, 7) is 2.23. The number of hydrogen-bond acceptors (Lipinski definition) is 2. The van der Waals surface area contributed by atoms with E-state index in [9.17, 15) is 14.7 Å². The molecule has 0 saturated heterocycles. The highest BCUT2D eigenvalue weighted by atomic mass is 16.4. The highest BCUT2D eigenvalue weighted by molar-refractivity contribution is 5.86. The van der Waals surface area contributed by atoms with Gasteiger partial charge in [-0.05, 0) is 32.1 Å². The molecule has 0 spiro atoms. The van der Waals surface area contributed by atoms with E-state index in [1.807, 2.05) is 6.08 Å². The van der Waals surface area contributed by atoms with Crippen LogP contribution in [0.15, 0.2) is 11.6 Å². The normalized spacial score (nSPS) is 11.7. The first-order valence-corrected chi connectivity index (χ1v) is 11.2. The van der Waals surface area contributed by atoms with Gasteiger partial charge in [0.05, 0.1) is 0 Å². The summed E-state index contributed by atoms with van der Waals surface area (Å²) in [4.78, 5) is 21.8. The van der Waals surface area contributed by atoms with Crippen LogP contribution in [-0.4, -0.2) is 22.2 Å². The summed E-state index contributed by atoms with van der Waals surface area (Å²) >= 11 is 0. The lowest BCUT2D eigenvalue weighted by molar-refractivity contribution is -0.137. The van der Waals surface area contributed by atoms with Gasteiger partial charge in [0, 0.05) is 12.0 Å². The molecule has 0 bridgehead atoms. The van der Waals surface area contributed by atoms with Crippen LogP contribution < -0.4 is 0 Å². The molecular weight excluding hydrogens is 340 g/mol. The van der Waals surface area contributed by atoms with Gasteiger partial charge in [0.15, 0.2) is 0 Å². The number of carboxylic acid groups (broad SMARTS) is 2. The Hall–Kier alpha value is -1.32. The molecule has 0 radical (unpaired) electrons. The molecule has 27 heavy (non-hydrogen) atoms. The Morgan fingerprint density at radius 3 is 1.56 bits per heavy atom. The van der Waals surface area contributed by atoms with Gasteiger partial charge in [0.2, 0.25) is 0 Å². The third-order valence-corrected chi connectivity index (χ3v) is 5.06. The molecule has 0 aliphatic rings. The van der Waals surface area contributed by atoms with Crippen molar-refractivity contribution in [2.75, 3.05) is 0 Å². The lowest BCUT2D eigenvalue weighted by Gasteiger charge is -2.04. The third-order valence-electron chi connectivity index (χ3n) is 5.06. The van der Waals surface area contributed by atoms with Crippen LogP contribution in [0.2, 0.25) is 0 Å². The molecule has 2 N–H and O–H groups in total. The van der Waals surface area contributed by atoms with Crippen LogP contribution in [-0.2, 0) is 9.59 Å². The second kappa shape index (κ2) is 19.4. The van der Waals surface area contributed by atoms with Gasteiger partial charge in [0.25, 0.3) is 0 Å². The molecule has 0 heterocycles. The zero-order valence-corrected chi connectivity index (χ0v) is 17.5. The molecule has 0 aromatic heterocycles. The number of unbranched alkanes of at least 4 members (excludes halogenated alkanes) is 14. The fourth-order valence-corrected chi connectivity index (χ4v) is 3.33. The predicted octanol–water partition coefficient (Wildman–Crippen LogP) is 7.12. The van der Waals surface area contributed by atoms with Gasteiger partial charge in [-0.2, -0.15) is 0 Å². The van der Waals surface area contributed by atoms with Gasteiger partial charge < -0.3 is 10.2 Å². The molecule has 0 aliphatic carbocycles. The third kappa shape index (κ3) is 19.3. The summed E-state index contributed by atoms with van der Waals surface area (Å²) in [7, 11) is 0. The maximum atomic E-state index is 11.3. The van der Waals surface area contributed by atoms with Crippen molar-refractivity contribution in [2.24, 2.45) is 0 Å². The lowest BCUT2D eigenvalue weighted by atomic mass is 10.0. The van der Waals surface area contributed by atoms with E-state index in [4.69, 9.17) is 5.11 Å². The highest BCUT2D eigenvalue weighted by Gasteiger charge is 2.06. The summed E-state index contributed by atoms with van der Waals surface area (Å²) < 4.78 is 0. The Morgan fingerprint density at radius 2 is 1.07 bits per heavy atom. The largest absolute Gasteiger partial charge is 0.481 e. The number of carboxylic acids is 2. The topological polar surface area (TPSA) is 74.6 Å². The van der Waals surface area contributed by atoms with Crippen molar-refractivity contribution in [2.45, 2.75) is 122 Å². The molecule has 0 atom stereocenters. The van der Waals surface area contributed by atoms with Crippen LogP contribution in [0.5, 0.6) is 0 Å². The zero-order chi connectivity index (χ0) is 20.2. The molecule has 4 nitrogen and oxygen atoms in total. The summed E-state index contributed by atoms with van der Waals surface area (Å²) in [5.74, 6) is -1.46. The van der Waals surface area contributed by atoms with Crippen molar-refractivity contribution in [3.63, 3.8) is 0 Å². The minimum atomic E-state index is -0.753. The molecule has 158 valence electrons.